The van der Waals surface area contributed by atoms with E-state index in [1.807, 2.05) is 0 Å². The zero-order chi connectivity index (χ0) is 13.2. The summed E-state index contributed by atoms with van der Waals surface area (Å²) in [6.07, 6.45) is 0.503. The van der Waals surface area contributed by atoms with Crippen LogP contribution in [0.15, 0.2) is 0 Å². The molecule has 0 aliphatic carbocycles. The number of hydrogen-bond donors (Lipinski definition) is 2. The van der Waals surface area contributed by atoms with Gasteiger partial charge in [-0.3, -0.25) is 4.79 Å². The van der Waals surface area contributed by atoms with Crippen LogP contribution in [0.1, 0.15) is 29.4 Å². The fraction of sp³-hybridized carbons (Fsp3) is 0.500. The zero-order valence-electron chi connectivity index (χ0n) is 9.93. The minimum absolute atomic E-state index is 0.0640. The molecule has 17 heavy (non-hydrogen) atoms. The van der Waals surface area contributed by atoms with Crippen LogP contribution >= 0.6 is 11.5 Å². The van der Waals surface area contributed by atoms with E-state index in [-0.39, 0.29) is 11.5 Å². The molecular formula is C10H15N3O3S. The molecular weight excluding hydrogens is 242 g/mol. The summed E-state index contributed by atoms with van der Waals surface area (Å²) in [5, 5.41) is 9.38. The maximum Gasteiger partial charge on any atom is 0.340 e. The average molecular weight is 257 g/mol. The van der Waals surface area contributed by atoms with E-state index in [1.165, 1.54) is 11.9 Å². The number of anilines is 1. The lowest BCUT2D eigenvalue weighted by Gasteiger charge is -2.19. The topological polar surface area (TPSA) is 96.5 Å². The lowest BCUT2D eigenvalue weighted by Crippen LogP contribution is -2.41. The van der Waals surface area contributed by atoms with Crippen molar-refractivity contribution in [1.82, 2.24) is 4.37 Å². The van der Waals surface area contributed by atoms with Crippen LogP contribution in [0, 0.1) is 6.92 Å². The van der Waals surface area contributed by atoms with Crippen molar-refractivity contribution in [3.8, 4) is 0 Å². The number of carbonyl (C=O) groups is 2. The number of carboxylic acid groups (broad SMARTS) is 1. The van der Waals surface area contributed by atoms with E-state index in [0.717, 1.165) is 11.5 Å². The SMILES string of the molecule is CC[C@H](N)C(=O)N(C)c1snc(C)c1C(=O)O. The van der Waals surface area contributed by atoms with Gasteiger partial charge >= 0.3 is 5.97 Å². The third-order valence-corrected chi connectivity index (χ3v) is 3.47. The van der Waals surface area contributed by atoms with Gasteiger partial charge < -0.3 is 15.7 Å². The molecule has 3 N–H and O–H groups in total. The number of aromatic nitrogens is 1. The number of carbonyl (C=O) groups excluding carboxylic acids is 1. The monoisotopic (exact) mass is 257 g/mol. The highest BCUT2D eigenvalue weighted by Crippen LogP contribution is 2.28. The highest BCUT2D eigenvalue weighted by atomic mass is 32.1. The Morgan fingerprint density at radius 2 is 2.18 bits per heavy atom. The third kappa shape index (κ3) is 2.62. The van der Waals surface area contributed by atoms with Crippen LogP contribution in [0.2, 0.25) is 0 Å². The van der Waals surface area contributed by atoms with E-state index in [0.29, 0.717) is 17.1 Å². The molecule has 0 unspecified atom stereocenters. The van der Waals surface area contributed by atoms with Crippen molar-refractivity contribution in [2.45, 2.75) is 26.3 Å². The molecule has 0 aliphatic heterocycles. The highest BCUT2D eigenvalue weighted by molar-refractivity contribution is 7.11. The molecule has 1 amide bonds. The number of nitrogens with zero attached hydrogens (tertiary/aromatic N) is 2. The van der Waals surface area contributed by atoms with Crippen molar-refractivity contribution in [2.24, 2.45) is 5.73 Å². The fourth-order valence-electron chi connectivity index (χ4n) is 1.36. The molecule has 1 rings (SSSR count). The molecule has 0 saturated carbocycles. The number of aryl methyl sites for hydroxylation is 1. The Labute approximate surface area is 103 Å². The van der Waals surface area contributed by atoms with E-state index in [4.69, 9.17) is 10.8 Å². The molecule has 0 aliphatic rings. The summed E-state index contributed by atoms with van der Waals surface area (Å²) in [5.41, 5.74) is 6.10. The smallest absolute Gasteiger partial charge is 0.340 e. The van der Waals surface area contributed by atoms with Crippen LogP contribution in [0.3, 0.4) is 0 Å². The molecule has 0 fully saturated rings. The van der Waals surface area contributed by atoms with Gasteiger partial charge in [-0.1, -0.05) is 6.92 Å². The Kier molecular flexibility index (Phi) is 4.19. The van der Waals surface area contributed by atoms with Gasteiger partial charge in [-0.2, -0.15) is 4.37 Å². The van der Waals surface area contributed by atoms with Crippen LogP contribution < -0.4 is 10.6 Å². The lowest BCUT2D eigenvalue weighted by molar-refractivity contribution is -0.119. The Balaban J connectivity index is 3.09. The first-order chi connectivity index (χ1) is 7.90. The average Bonchev–Trinajstić information content (AvgIpc) is 2.68. The number of aromatic carboxylic acids is 1. The summed E-state index contributed by atoms with van der Waals surface area (Å²) in [7, 11) is 1.51. The number of amides is 1. The van der Waals surface area contributed by atoms with Gasteiger partial charge in [0.1, 0.15) is 10.6 Å². The summed E-state index contributed by atoms with van der Waals surface area (Å²) in [5.74, 6) is -1.39. The fourth-order valence-corrected chi connectivity index (χ4v) is 2.21. The largest absolute Gasteiger partial charge is 0.478 e. The Bertz CT molecular complexity index is 444. The maximum atomic E-state index is 11.8. The molecule has 1 atom stereocenters. The number of hydrogen-bond acceptors (Lipinski definition) is 5. The summed E-state index contributed by atoms with van der Waals surface area (Å²) >= 11 is 0.988. The van der Waals surface area contributed by atoms with E-state index >= 15 is 0 Å². The maximum absolute atomic E-state index is 11.8. The van der Waals surface area contributed by atoms with Crippen LogP contribution in [0.4, 0.5) is 5.00 Å². The molecule has 1 aromatic rings. The first-order valence-corrected chi connectivity index (χ1v) is 5.90. The first kappa shape index (κ1) is 13.6. The van der Waals surface area contributed by atoms with Crippen molar-refractivity contribution in [1.29, 1.82) is 0 Å². The summed E-state index contributed by atoms with van der Waals surface area (Å²) in [6.45, 7) is 3.40. The summed E-state index contributed by atoms with van der Waals surface area (Å²) in [6, 6.07) is -0.621. The number of nitrogens with two attached hydrogens (primary N) is 1. The van der Waals surface area contributed by atoms with E-state index in [9.17, 15) is 9.59 Å². The number of likely N-dealkylation sites (N-methyl/N-ethyl adjacent to an activating group) is 1. The molecule has 7 heteroatoms. The molecule has 0 aromatic carbocycles. The Morgan fingerprint density at radius 3 is 2.65 bits per heavy atom. The van der Waals surface area contributed by atoms with Crippen LogP contribution in [-0.2, 0) is 4.79 Å². The van der Waals surface area contributed by atoms with E-state index in [2.05, 4.69) is 4.37 Å². The van der Waals surface area contributed by atoms with Gasteiger partial charge in [0.25, 0.3) is 0 Å². The number of rotatable bonds is 4. The van der Waals surface area contributed by atoms with Crippen molar-refractivity contribution in [3.05, 3.63) is 11.3 Å². The zero-order valence-corrected chi connectivity index (χ0v) is 10.7. The molecule has 94 valence electrons. The molecule has 6 nitrogen and oxygen atoms in total. The second-order valence-electron chi connectivity index (χ2n) is 3.67. The van der Waals surface area contributed by atoms with Crippen LogP contribution in [-0.4, -0.2) is 34.4 Å². The molecule has 0 bridgehead atoms. The highest BCUT2D eigenvalue weighted by Gasteiger charge is 2.26. The van der Waals surface area contributed by atoms with Gasteiger partial charge in [0.05, 0.1) is 11.7 Å². The quantitative estimate of drug-likeness (QED) is 0.833. The third-order valence-electron chi connectivity index (χ3n) is 2.45. The molecule has 1 aromatic heterocycles. The van der Waals surface area contributed by atoms with Gasteiger partial charge in [0.15, 0.2) is 0 Å². The van der Waals surface area contributed by atoms with Gasteiger partial charge in [-0.25, -0.2) is 4.79 Å². The standard InChI is InChI=1S/C10H15N3O3S/c1-4-6(11)8(14)13(3)9-7(10(15)16)5(2)12-17-9/h6H,4,11H2,1-3H3,(H,15,16)/t6-/m0/s1. The predicted molar refractivity (Wildman–Crippen MR) is 65.5 cm³/mol. The van der Waals surface area contributed by atoms with Crippen molar-refractivity contribution in [2.75, 3.05) is 11.9 Å². The van der Waals surface area contributed by atoms with E-state index < -0.39 is 12.0 Å². The van der Waals surface area contributed by atoms with Crippen molar-refractivity contribution in [3.63, 3.8) is 0 Å². The van der Waals surface area contributed by atoms with Crippen molar-refractivity contribution < 1.29 is 14.7 Å². The molecule has 0 spiro atoms. The molecule has 1 heterocycles. The molecule has 0 radical (unpaired) electrons. The van der Waals surface area contributed by atoms with Gasteiger partial charge in [-0.15, -0.1) is 0 Å². The van der Waals surface area contributed by atoms with Crippen molar-refractivity contribution >= 4 is 28.4 Å². The lowest BCUT2D eigenvalue weighted by atomic mass is 10.2. The van der Waals surface area contributed by atoms with Crippen LogP contribution in [0.25, 0.3) is 0 Å². The van der Waals surface area contributed by atoms with Gasteiger partial charge in [0.2, 0.25) is 5.91 Å². The predicted octanol–water partition coefficient (Wildman–Crippen LogP) is 0.850. The first-order valence-electron chi connectivity index (χ1n) is 5.12. The van der Waals surface area contributed by atoms with Gasteiger partial charge in [-0.05, 0) is 24.9 Å². The van der Waals surface area contributed by atoms with E-state index in [1.54, 1.807) is 13.8 Å². The number of carboxylic acids is 1. The van der Waals surface area contributed by atoms with Gasteiger partial charge in [0, 0.05) is 7.05 Å². The Morgan fingerprint density at radius 1 is 1.59 bits per heavy atom. The second kappa shape index (κ2) is 5.24. The second-order valence-corrected chi connectivity index (χ2v) is 4.42. The minimum atomic E-state index is -1.09. The minimum Gasteiger partial charge on any atom is -0.478 e. The molecule has 0 saturated heterocycles. The normalized spacial score (nSPS) is 12.2. The summed E-state index contributed by atoms with van der Waals surface area (Å²) < 4.78 is 3.95. The Hall–Kier alpha value is -1.47. The summed E-state index contributed by atoms with van der Waals surface area (Å²) in [4.78, 5) is 24.2. The van der Waals surface area contributed by atoms with Crippen LogP contribution in [0.5, 0.6) is 0 Å².